The molecule has 2 aromatic rings. The highest BCUT2D eigenvalue weighted by Gasteiger charge is 2.19. The molecule has 0 aliphatic heterocycles. The Bertz CT molecular complexity index is 591. The molecule has 1 aliphatic carbocycles. The fourth-order valence-electron chi connectivity index (χ4n) is 3.04. The van der Waals surface area contributed by atoms with Crippen molar-refractivity contribution < 1.29 is 0 Å². The maximum absolute atomic E-state index is 6.19. The van der Waals surface area contributed by atoms with E-state index in [2.05, 4.69) is 34.3 Å². The van der Waals surface area contributed by atoms with E-state index in [4.69, 9.17) is 11.6 Å². The molecule has 1 N–H and O–H groups in total. The van der Waals surface area contributed by atoms with Crippen LogP contribution in [0.5, 0.6) is 0 Å². The number of pyridine rings is 1. The van der Waals surface area contributed by atoms with Gasteiger partial charge in [-0.05, 0) is 49.1 Å². The lowest BCUT2D eigenvalue weighted by atomic mass is 10.1. The van der Waals surface area contributed by atoms with Crippen LogP contribution in [0.25, 0.3) is 0 Å². The van der Waals surface area contributed by atoms with Crippen LogP contribution in [-0.4, -0.2) is 16.6 Å². The van der Waals surface area contributed by atoms with Crippen molar-refractivity contribution in [3.8, 4) is 0 Å². The Morgan fingerprint density at radius 3 is 3.10 bits per heavy atom. The molecule has 0 amide bonds. The highest BCUT2D eigenvalue weighted by Crippen LogP contribution is 2.29. The van der Waals surface area contributed by atoms with Crippen LogP contribution in [0.1, 0.15) is 42.0 Å². The minimum atomic E-state index is 0.488. The molecule has 0 saturated heterocycles. The first-order valence-electron chi connectivity index (χ1n) is 7.22. The Balaban J connectivity index is 1.87. The Labute approximate surface area is 125 Å². The second kappa shape index (κ2) is 5.98. The molecule has 0 aromatic carbocycles. The third kappa shape index (κ3) is 2.74. The molecule has 0 fully saturated rings. The molecule has 0 radical (unpaired) electrons. The number of nitrogens with one attached hydrogen (secondary N) is 1. The zero-order chi connectivity index (χ0) is 13.9. The largest absolute Gasteiger partial charge is 0.349 e. The molecule has 20 heavy (non-hydrogen) atoms. The molecule has 3 rings (SSSR count). The first-order chi connectivity index (χ1) is 9.78. The summed E-state index contributed by atoms with van der Waals surface area (Å²) in [6.07, 6.45) is 13.1. The predicted octanol–water partition coefficient (Wildman–Crippen LogP) is 3.57. The van der Waals surface area contributed by atoms with Gasteiger partial charge in [0.15, 0.2) is 0 Å². The maximum Gasteiger partial charge on any atom is 0.0639 e. The van der Waals surface area contributed by atoms with Crippen LogP contribution in [0.4, 0.5) is 0 Å². The lowest BCUT2D eigenvalue weighted by molar-refractivity contribution is 0.531. The number of halogens is 1. The summed E-state index contributed by atoms with van der Waals surface area (Å²) in [5, 5.41) is 4.18. The monoisotopic (exact) mass is 289 g/mol. The van der Waals surface area contributed by atoms with E-state index in [1.165, 1.54) is 36.8 Å². The minimum Gasteiger partial charge on any atom is -0.349 e. The summed E-state index contributed by atoms with van der Waals surface area (Å²) >= 11 is 6.19. The lowest BCUT2D eigenvalue weighted by Gasteiger charge is -2.13. The third-order valence-electron chi connectivity index (χ3n) is 4.12. The lowest BCUT2D eigenvalue weighted by Crippen LogP contribution is -2.15. The second-order valence-corrected chi connectivity index (χ2v) is 5.87. The predicted molar refractivity (Wildman–Crippen MR) is 82.1 cm³/mol. The highest BCUT2D eigenvalue weighted by molar-refractivity contribution is 6.31. The van der Waals surface area contributed by atoms with Gasteiger partial charge in [0, 0.05) is 37.4 Å². The van der Waals surface area contributed by atoms with Crippen LogP contribution < -0.4 is 5.32 Å². The van der Waals surface area contributed by atoms with Crippen LogP contribution in [0.2, 0.25) is 5.02 Å². The summed E-state index contributed by atoms with van der Waals surface area (Å²) in [5.74, 6) is 0. The SMILES string of the molecule is CNC1CCCCc2cn(Cc3ccncc3Cl)cc21. The second-order valence-electron chi connectivity index (χ2n) is 5.47. The van der Waals surface area contributed by atoms with Gasteiger partial charge in [-0.2, -0.15) is 0 Å². The molecular weight excluding hydrogens is 270 g/mol. The fraction of sp³-hybridized carbons (Fsp3) is 0.438. The van der Waals surface area contributed by atoms with Gasteiger partial charge < -0.3 is 9.88 Å². The van der Waals surface area contributed by atoms with Gasteiger partial charge in [0.2, 0.25) is 0 Å². The average Bonchev–Trinajstić information content (AvgIpc) is 2.75. The zero-order valence-corrected chi connectivity index (χ0v) is 12.5. The van der Waals surface area contributed by atoms with E-state index in [0.717, 1.165) is 17.1 Å². The molecule has 0 saturated carbocycles. The molecule has 2 heterocycles. The number of rotatable bonds is 3. The Kier molecular flexibility index (Phi) is 4.08. The van der Waals surface area contributed by atoms with Crippen molar-refractivity contribution in [2.45, 2.75) is 38.3 Å². The topological polar surface area (TPSA) is 29.9 Å². The molecule has 0 spiro atoms. The Morgan fingerprint density at radius 1 is 1.40 bits per heavy atom. The molecule has 1 atom stereocenters. The van der Waals surface area contributed by atoms with Gasteiger partial charge in [-0.1, -0.05) is 18.0 Å². The number of nitrogens with zero attached hydrogens (tertiary/aromatic N) is 2. The van der Waals surface area contributed by atoms with Crippen LogP contribution in [-0.2, 0) is 13.0 Å². The van der Waals surface area contributed by atoms with Crippen LogP contribution >= 0.6 is 11.6 Å². The van der Waals surface area contributed by atoms with E-state index in [-0.39, 0.29) is 0 Å². The van der Waals surface area contributed by atoms with Crippen LogP contribution in [0.15, 0.2) is 30.9 Å². The highest BCUT2D eigenvalue weighted by atomic mass is 35.5. The van der Waals surface area contributed by atoms with E-state index in [1.807, 2.05) is 6.07 Å². The summed E-state index contributed by atoms with van der Waals surface area (Å²) in [6.45, 7) is 0.810. The molecule has 0 bridgehead atoms. The Hall–Kier alpha value is -1.32. The number of aryl methyl sites for hydroxylation is 1. The molecule has 106 valence electrons. The van der Waals surface area contributed by atoms with Gasteiger partial charge in [0.1, 0.15) is 0 Å². The Morgan fingerprint density at radius 2 is 2.30 bits per heavy atom. The maximum atomic E-state index is 6.19. The van der Waals surface area contributed by atoms with E-state index < -0.39 is 0 Å². The summed E-state index contributed by atoms with van der Waals surface area (Å²) in [4.78, 5) is 4.04. The van der Waals surface area contributed by atoms with E-state index in [1.54, 1.807) is 12.4 Å². The molecule has 1 unspecified atom stereocenters. The van der Waals surface area contributed by atoms with E-state index in [0.29, 0.717) is 6.04 Å². The summed E-state index contributed by atoms with van der Waals surface area (Å²) < 4.78 is 2.25. The smallest absolute Gasteiger partial charge is 0.0639 e. The summed E-state index contributed by atoms with van der Waals surface area (Å²) in [7, 11) is 2.05. The molecule has 1 aliphatic rings. The van der Waals surface area contributed by atoms with Gasteiger partial charge in [-0.25, -0.2) is 0 Å². The summed E-state index contributed by atoms with van der Waals surface area (Å²) in [6, 6.07) is 2.48. The van der Waals surface area contributed by atoms with Gasteiger partial charge >= 0.3 is 0 Å². The number of hydrogen-bond acceptors (Lipinski definition) is 2. The van der Waals surface area contributed by atoms with Gasteiger partial charge in [0.25, 0.3) is 0 Å². The standard InChI is InChI=1S/C16H20ClN3/c1-18-16-5-3-2-4-12-9-20(11-14(12)16)10-13-6-7-19-8-15(13)17/h6-9,11,16,18H,2-5,10H2,1H3. The van der Waals surface area contributed by atoms with Crippen LogP contribution in [0.3, 0.4) is 0 Å². The summed E-state index contributed by atoms with van der Waals surface area (Å²) in [5.41, 5.74) is 4.05. The number of hydrogen-bond donors (Lipinski definition) is 1. The number of aromatic nitrogens is 2. The first kappa shape index (κ1) is 13.7. The van der Waals surface area contributed by atoms with Crippen LogP contribution in [0, 0.1) is 0 Å². The van der Waals surface area contributed by atoms with E-state index in [9.17, 15) is 0 Å². The number of fused-ring (bicyclic) bond motifs is 1. The van der Waals surface area contributed by atoms with Crippen molar-refractivity contribution in [2.24, 2.45) is 0 Å². The fourth-order valence-corrected chi connectivity index (χ4v) is 3.21. The van der Waals surface area contributed by atoms with Crippen molar-refractivity contribution in [3.63, 3.8) is 0 Å². The minimum absolute atomic E-state index is 0.488. The molecule has 4 heteroatoms. The molecule has 3 nitrogen and oxygen atoms in total. The van der Waals surface area contributed by atoms with Crippen molar-refractivity contribution in [2.75, 3.05) is 7.05 Å². The van der Waals surface area contributed by atoms with Gasteiger partial charge in [-0.3, -0.25) is 4.98 Å². The van der Waals surface area contributed by atoms with Gasteiger partial charge in [0.05, 0.1) is 5.02 Å². The first-order valence-corrected chi connectivity index (χ1v) is 7.60. The normalized spacial score (nSPS) is 18.6. The van der Waals surface area contributed by atoms with Crippen molar-refractivity contribution in [3.05, 3.63) is 52.6 Å². The zero-order valence-electron chi connectivity index (χ0n) is 11.8. The van der Waals surface area contributed by atoms with Crippen molar-refractivity contribution in [1.29, 1.82) is 0 Å². The van der Waals surface area contributed by atoms with E-state index >= 15 is 0 Å². The third-order valence-corrected chi connectivity index (χ3v) is 4.46. The quantitative estimate of drug-likeness (QED) is 0.876. The van der Waals surface area contributed by atoms with Gasteiger partial charge in [-0.15, -0.1) is 0 Å². The molecule has 2 aromatic heterocycles. The van der Waals surface area contributed by atoms with Crippen molar-refractivity contribution in [1.82, 2.24) is 14.9 Å². The molecular formula is C16H20ClN3. The average molecular weight is 290 g/mol. The van der Waals surface area contributed by atoms with Crippen molar-refractivity contribution >= 4 is 11.6 Å².